The van der Waals surface area contributed by atoms with E-state index in [1.165, 1.54) is 11.3 Å². The molecule has 0 aliphatic carbocycles. The van der Waals surface area contributed by atoms with Crippen molar-refractivity contribution in [3.05, 3.63) is 45.8 Å². The molecule has 0 atom stereocenters. The number of hydrogen-bond acceptors (Lipinski definition) is 4. The van der Waals surface area contributed by atoms with Crippen molar-refractivity contribution < 1.29 is 0 Å². The first-order valence-electron chi connectivity index (χ1n) is 5.57. The van der Waals surface area contributed by atoms with E-state index in [-0.39, 0.29) is 0 Å². The molecule has 3 aromatic rings. The van der Waals surface area contributed by atoms with Crippen LogP contribution in [-0.4, -0.2) is 9.38 Å². The predicted octanol–water partition coefficient (Wildman–Crippen LogP) is 4.08. The highest BCUT2D eigenvalue weighted by atomic mass is 32.1. The molecule has 2 aromatic heterocycles. The number of aryl methyl sites for hydroxylation is 2. The maximum atomic E-state index is 11.1. The second kappa shape index (κ2) is 4.03. The second-order valence-electron chi connectivity index (χ2n) is 4.24. The first-order chi connectivity index (χ1) is 8.70. The van der Waals surface area contributed by atoms with E-state index in [4.69, 9.17) is 0 Å². The van der Waals surface area contributed by atoms with Gasteiger partial charge in [-0.2, -0.15) is 0 Å². The smallest absolute Gasteiger partial charge is 0.210 e. The van der Waals surface area contributed by atoms with Crippen LogP contribution in [0, 0.1) is 18.8 Å². The molecule has 5 heteroatoms. The minimum absolute atomic E-state index is 0.384. The summed E-state index contributed by atoms with van der Waals surface area (Å²) < 4.78 is 1.80. The summed E-state index contributed by atoms with van der Waals surface area (Å²) in [6, 6.07) is 7.93. The number of hydrogen-bond donors (Lipinski definition) is 0. The molecule has 4 nitrogen and oxygen atoms in total. The zero-order valence-corrected chi connectivity index (χ0v) is 10.9. The maximum absolute atomic E-state index is 11.1. The molecule has 0 N–H and O–H groups in total. The first-order valence-corrected chi connectivity index (χ1v) is 6.45. The number of nitroso groups, excluding NO2 is 1. The number of rotatable bonds is 2. The lowest BCUT2D eigenvalue weighted by atomic mass is 10.1. The Labute approximate surface area is 108 Å². The molecule has 18 heavy (non-hydrogen) atoms. The van der Waals surface area contributed by atoms with Crippen LogP contribution in [0.1, 0.15) is 11.3 Å². The predicted molar refractivity (Wildman–Crippen MR) is 73.4 cm³/mol. The van der Waals surface area contributed by atoms with Gasteiger partial charge in [0.05, 0.1) is 0 Å². The Hall–Kier alpha value is -2.01. The largest absolute Gasteiger partial charge is 0.269 e. The van der Waals surface area contributed by atoms with E-state index < -0.39 is 0 Å². The average molecular weight is 257 g/mol. The fourth-order valence-electron chi connectivity index (χ4n) is 2.05. The Kier molecular flexibility index (Phi) is 2.48. The van der Waals surface area contributed by atoms with Gasteiger partial charge in [0, 0.05) is 16.6 Å². The Morgan fingerprint density at radius 1 is 1.33 bits per heavy atom. The minimum Gasteiger partial charge on any atom is -0.269 e. The normalized spacial score (nSPS) is 11.0. The van der Waals surface area contributed by atoms with Gasteiger partial charge in [-0.05, 0) is 25.1 Å². The Morgan fingerprint density at radius 2 is 2.17 bits per heavy atom. The molecule has 0 fully saturated rings. The van der Waals surface area contributed by atoms with E-state index in [1.54, 1.807) is 4.40 Å². The van der Waals surface area contributed by atoms with Crippen LogP contribution in [0.3, 0.4) is 0 Å². The summed E-state index contributed by atoms with van der Waals surface area (Å²) >= 11 is 1.52. The van der Waals surface area contributed by atoms with Crippen molar-refractivity contribution in [2.24, 2.45) is 5.18 Å². The average Bonchev–Trinajstić information content (AvgIpc) is 2.89. The lowest BCUT2D eigenvalue weighted by Crippen LogP contribution is -1.83. The molecule has 1 aromatic carbocycles. The van der Waals surface area contributed by atoms with E-state index in [0.29, 0.717) is 11.5 Å². The number of fused-ring (bicyclic) bond motifs is 1. The number of nitrogens with zero attached hydrogens (tertiary/aromatic N) is 3. The molecule has 0 spiro atoms. The summed E-state index contributed by atoms with van der Waals surface area (Å²) in [5, 5.41) is 5.12. The van der Waals surface area contributed by atoms with Crippen molar-refractivity contribution >= 4 is 22.1 Å². The van der Waals surface area contributed by atoms with E-state index in [1.807, 2.05) is 43.5 Å². The zero-order valence-electron chi connectivity index (χ0n) is 10.0. The molecule has 0 saturated carbocycles. The van der Waals surface area contributed by atoms with Gasteiger partial charge < -0.3 is 0 Å². The summed E-state index contributed by atoms with van der Waals surface area (Å²) in [4.78, 5) is 16.4. The minimum atomic E-state index is 0.384. The summed E-state index contributed by atoms with van der Waals surface area (Å²) in [5.74, 6) is 0.384. The van der Waals surface area contributed by atoms with E-state index in [9.17, 15) is 4.91 Å². The van der Waals surface area contributed by atoms with Gasteiger partial charge in [-0.3, -0.25) is 4.40 Å². The molecule has 0 radical (unpaired) electrons. The third-order valence-electron chi connectivity index (χ3n) is 2.89. The number of thiazole rings is 1. The molecule has 0 aliphatic rings. The molecule has 0 saturated heterocycles. The summed E-state index contributed by atoms with van der Waals surface area (Å²) in [5.41, 5.74) is 3.71. The van der Waals surface area contributed by atoms with Crippen LogP contribution in [0.5, 0.6) is 0 Å². The van der Waals surface area contributed by atoms with Crippen molar-refractivity contribution in [3.8, 4) is 11.3 Å². The van der Waals surface area contributed by atoms with Gasteiger partial charge in [0.25, 0.3) is 0 Å². The highest BCUT2D eigenvalue weighted by molar-refractivity contribution is 7.15. The van der Waals surface area contributed by atoms with E-state index >= 15 is 0 Å². The quantitative estimate of drug-likeness (QED) is 0.649. The first kappa shape index (κ1) is 11.1. The third-order valence-corrected chi connectivity index (χ3v) is 3.83. The van der Waals surface area contributed by atoms with Crippen LogP contribution in [0.2, 0.25) is 0 Å². The van der Waals surface area contributed by atoms with Gasteiger partial charge in [-0.15, -0.1) is 16.2 Å². The molecule has 3 rings (SSSR count). The van der Waals surface area contributed by atoms with Gasteiger partial charge in [0.1, 0.15) is 5.69 Å². The van der Waals surface area contributed by atoms with Crippen LogP contribution in [0.15, 0.2) is 34.8 Å². The van der Waals surface area contributed by atoms with Crippen molar-refractivity contribution in [2.75, 3.05) is 0 Å². The van der Waals surface area contributed by atoms with Gasteiger partial charge in [0.2, 0.25) is 5.82 Å². The standard InChI is InChI=1S/C13H11N3OS/c1-8-4-3-5-10(6-8)11-12(15-17)16-9(2)7-18-13(16)14-11/h3-7H,1-2H3. The van der Waals surface area contributed by atoms with Gasteiger partial charge >= 0.3 is 0 Å². The maximum Gasteiger partial charge on any atom is 0.210 e. The van der Waals surface area contributed by atoms with Crippen LogP contribution in [0.4, 0.5) is 5.82 Å². The summed E-state index contributed by atoms with van der Waals surface area (Å²) in [6.45, 7) is 3.96. The highest BCUT2D eigenvalue weighted by Gasteiger charge is 2.17. The highest BCUT2D eigenvalue weighted by Crippen LogP contribution is 2.34. The topological polar surface area (TPSA) is 46.7 Å². The van der Waals surface area contributed by atoms with Crippen molar-refractivity contribution in [1.29, 1.82) is 0 Å². The number of benzene rings is 1. The number of imidazole rings is 1. The molecule has 0 unspecified atom stereocenters. The van der Waals surface area contributed by atoms with Crippen molar-refractivity contribution in [2.45, 2.75) is 13.8 Å². The van der Waals surface area contributed by atoms with Crippen LogP contribution >= 0.6 is 11.3 Å². The molecule has 0 amide bonds. The molecule has 2 heterocycles. The Morgan fingerprint density at radius 3 is 2.89 bits per heavy atom. The zero-order chi connectivity index (χ0) is 12.7. The molecular formula is C13H11N3OS. The van der Waals surface area contributed by atoms with E-state index in [2.05, 4.69) is 10.2 Å². The SMILES string of the molecule is Cc1cccc(-c2nc3scc(C)n3c2N=O)c1. The second-order valence-corrected chi connectivity index (χ2v) is 5.08. The van der Waals surface area contributed by atoms with Crippen LogP contribution < -0.4 is 0 Å². The van der Waals surface area contributed by atoms with Gasteiger partial charge in [0.15, 0.2) is 4.96 Å². The van der Waals surface area contributed by atoms with Gasteiger partial charge in [-0.25, -0.2) is 4.98 Å². The summed E-state index contributed by atoms with van der Waals surface area (Å²) in [7, 11) is 0. The molecule has 0 aliphatic heterocycles. The number of aromatic nitrogens is 2. The molecule has 90 valence electrons. The molecular weight excluding hydrogens is 246 g/mol. The monoisotopic (exact) mass is 257 g/mol. The van der Waals surface area contributed by atoms with Gasteiger partial charge in [-0.1, -0.05) is 23.8 Å². The lowest BCUT2D eigenvalue weighted by molar-refractivity contribution is 1.11. The van der Waals surface area contributed by atoms with E-state index in [0.717, 1.165) is 21.8 Å². The van der Waals surface area contributed by atoms with Crippen LogP contribution in [-0.2, 0) is 0 Å². The lowest BCUT2D eigenvalue weighted by Gasteiger charge is -1.99. The fourth-order valence-corrected chi connectivity index (χ4v) is 2.91. The Bertz CT molecular complexity index is 742. The summed E-state index contributed by atoms with van der Waals surface area (Å²) in [6.07, 6.45) is 0. The molecule has 0 bridgehead atoms. The van der Waals surface area contributed by atoms with Crippen LogP contribution in [0.25, 0.3) is 16.2 Å². The van der Waals surface area contributed by atoms with Crippen molar-refractivity contribution in [3.63, 3.8) is 0 Å². The van der Waals surface area contributed by atoms with Crippen molar-refractivity contribution in [1.82, 2.24) is 9.38 Å². The fraction of sp³-hybridized carbons (Fsp3) is 0.154. The third kappa shape index (κ3) is 1.55. The Balaban J connectivity index is 2.32.